The van der Waals surface area contributed by atoms with Gasteiger partial charge in [-0.2, -0.15) is 4.31 Å². The van der Waals surface area contributed by atoms with Crippen molar-refractivity contribution in [3.63, 3.8) is 0 Å². The Morgan fingerprint density at radius 2 is 1.67 bits per heavy atom. The molecular weight excluding hydrogens is 364 g/mol. The molecule has 0 unspecified atom stereocenters. The van der Waals surface area contributed by atoms with E-state index in [1.54, 1.807) is 33.4 Å². The van der Waals surface area contributed by atoms with Crippen LogP contribution in [0.15, 0.2) is 47.4 Å². The second kappa shape index (κ2) is 9.21. The Kier molecular flexibility index (Phi) is 7.24. The minimum absolute atomic E-state index is 0.0887. The lowest BCUT2D eigenvalue weighted by molar-refractivity contribution is 0.397. The molecule has 2 rings (SSSR count). The maximum atomic E-state index is 12.5. The van der Waals surface area contributed by atoms with Crippen LogP contribution in [0, 0.1) is 0 Å². The van der Waals surface area contributed by atoms with Gasteiger partial charge in [-0.3, -0.25) is 0 Å². The highest BCUT2D eigenvalue weighted by molar-refractivity contribution is 7.89. The molecule has 0 saturated carbocycles. The van der Waals surface area contributed by atoms with E-state index >= 15 is 0 Å². The quantitative estimate of drug-likeness (QED) is 0.710. The number of methoxy groups -OCH3 is 2. The van der Waals surface area contributed by atoms with E-state index in [0.717, 1.165) is 22.6 Å². The lowest BCUT2D eigenvalue weighted by Gasteiger charge is -2.21. The predicted octanol–water partition coefficient (Wildman–Crippen LogP) is 3.02. The van der Waals surface area contributed by atoms with Crippen molar-refractivity contribution in [2.75, 3.05) is 21.3 Å². The average Bonchev–Trinajstić information content (AvgIpc) is 2.67. The van der Waals surface area contributed by atoms with Crippen LogP contribution in [-0.4, -0.2) is 40.0 Å². The minimum atomic E-state index is -3.45. The molecule has 6 nitrogen and oxygen atoms in total. The van der Waals surface area contributed by atoms with Gasteiger partial charge in [-0.15, -0.1) is 0 Å². The first-order valence-corrected chi connectivity index (χ1v) is 10.2. The van der Waals surface area contributed by atoms with Crippen LogP contribution >= 0.6 is 0 Å². The molecule has 0 heterocycles. The first-order valence-electron chi connectivity index (χ1n) is 8.78. The molecule has 0 fully saturated rings. The molecule has 27 heavy (non-hydrogen) atoms. The van der Waals surface area contributed by atoms with E-state index in [1.807, 2.05) is 44.2 Å². The summed E-state index contributed by atoms with van der Waals surface area (Å²) < 4.78 is 37.0. The second-order valence-corrected chi connectivity index (χ2v) is 8.54. The van der Waals surface area contributed by atoms with Gasteiger partial charge in [-0.25, -0.2) is 8.42 Å². The summed E-state index contributed by atoms with van der Waals surface area (Å²) in [6.07, 6.45) is 0. The van der Waals surface area contributed by atoms with Crippen molar-refractivity contribution in [1.82, 2.24) is 9.62 Å². The molecule has 0 aliphatic heterocycles. The van der Waals surface area contributed by atoms with Gasteiger partial charge in [0.15, 0.2) is 0 Å². The van der Waals surface area contributed by atoms with Crippen molar-refractivity contribution in [2.24, 2.45) is 0 Å². The van der Waals surface area contributed by atoms with Crippen molar-refractivity contribution in [3.8, 4) is 11.5 Å². The minimum Gasteiger partial charge on any atom is -0.497 e. The molecule has 1 N–H and O–H groups in total. The van der Waals surface area contributed by atoms with E-state index < -0.39 is 10.0 Å². The topological polar surface area (TPSA) is 67.9 Å². The Labute approximate surface area is 162 Å². The Morgan fingerprint density at radius 3 is 2.22 bits per heavy atom. The Balaban J connectivity index is 2.02. The van der Waals surface area contributed by atoms with E-state index in [4.69, 9.17) is 9.47 Å². The molecule has 148 valence electrons. The van der Waals surface area contributed by atoms with Gasteiger partial charge in [0.1, 0.15) is 11.5 Å². The van der Waals surface area contributed by atoms with Gasteiger partial charge in [-0.1, -0.05) is 12.1 Å². The average molecular weight is 393 g/mol. The highest BCUT2D eigenvalue weighted by Gasteiger charge is 2.22. The third-order valence-corrected chi connectivity index (χ3v) is 6.51. The number of benzene rings is 2. The van der Waals surface area contributed by atoms with Gasteiger partial charge in [0, 0.05) is 31.7 Å². The van der Waals surface area contributed by atoms with Crippen LogP contribution in [0.3, 0.4) is 0 Å². The van der Waals surface area contributed by atoms with Crippen molar-refractivity contribution < 1.29 is 17.9 Å². The lowest BCUT2D eigenvalue weighted by Crippen LogP contribution is -2.33. The molecule has 0 bridgehead atoms. The van der Waals surface area contributed by atoms with E-state index in [1.165, 1.54) is 4.31 Å². The number of ether oxygens (including phenoxy) is 2. The van der Waals surface area contributed by atoms with Crippen LogP contribution in [0.5, 0.6) is 11.5 Å². The molecule has 0 spiro atoms. The van der Waals surface area contributed by atoms with Crippen LogP contribution in [0.4, 0.5) is 0 Å². The molecule has 0 aromatic heterocycles. The normalized spacial score (nSPS) is 11.8. The van der Waals surface area contributed by atoms with Gasteiger partial charge in [-0.05, 0) is 49.7 Å². The monoisotopic (exact) mass is 392 g/mol. The summed E-state index contributed by atoms with van der Waals surface area (Å²) in [6.45, 7) is 4.92. The Hall–Kier alpha value is -2.09. The molecular formula is C20H28N2O4S. The van der Waals surface area contributed by atoms with Crippen LogP contribution < -0.4 is 14.8 Å². The maximum absolute atomic E-state index is 12.5. The number of rotatable bonds is 9. The zero-order valence-electron chi connectivity index (χ0n) is 16.5. The highest BCUT2D eigenvalue weighted by Crippen LogP contribution is 2.24. The lowest BCUT2D eigenvalue weighted by atomic mass is 10.1. The number of nitrogens with zero attached hydrogens (tertiary/aromatic N) is 1. The van der Waals surface area contributed by atoms with Crippen LogP contribution in [0.25, 0.3) is 0 Å². The van der Waals surface area contributed by atoms with E-state index in [0.29, 0.717) is 18.0 Å². The first-order chi connectivity index (χ1) is 12.8. The second-order valence-electron chi connectivity index (χ2n) is 6.54. The zero-order valence-corrected chi connectivity index (χ0v) is 17.3. The predicted molar refractivity (Wildman–Crippen MR) is 107 cm³/mol. The Morgan fingerprint density at radius 1 is 1.00 bits per heavy atom. The molecule has 0 amide bonds. The molecule has 0 saturated heterocycles. The van der Waals surface area contributed by atoms with E-state index in [2.05, 4.69) is 5.32 Å². The third-order valence-electron chi connectivity index (χ3n) is 4.46. The Bertz CT molecular complexity index is 849. The van der Waals surface area contributed by atoms with E-state index in [9.17, 15) is 8.42 Å². The van der Waals surface area contributed by atoms with Crippen molar-refractivity contribution in [3.05, 3.63) is 53.6 Å². The van der Waals surface area contributed by atoms with Crippen molar-refractivity contribution in [2.45, 2.75) is 37.9 Å². The van der Waals surface area contributed by atoms with Crippen molar-refractivity contribution >= 4 is 10.0 Å². The number of hydrogen-bond acceptors (Lipinski definition) is 5. The third kappa shape index (κ3) is 5.22. The fourth-order valence-corrected chi connectivity index (χ4v) is 3.95. The van der Waals surface area contributed by atoms with Crippen LogP contribution in [-0.2, 0) is 23.1 Å². The standard InChI is InChI=1S/C20H28N2O4S/c1-15(2)22(3)27(23,24)19-9-6-16(7-10-19)13-21-14-17-12-18(25-4)8-11-20(17)26-5/h6-12,15,21H,13-14H2,1-5H3. The fourth-order valence-electron chi connectivity index (χ4n) is 2.58. The summed E-state index contributed by atoms with van der Waals surface area (Å²) in [7, 11) is 1.41. The summed E-state index contributed by atoms with van der Waals surface area (Å²) >= 11 is 0. The van der Waals surface area contributed by atoms with Crippen molar-refractivity contribution in [1.29, 1.82) is 0 Å². The van der Waals surface area contributed by atoms with Gasteiger partial charge >= 0.3 is 0 Å². The molecule has 2 aromatic carbocycles. The summed E-state index contributed by atoms with van der Waals surface area (Å²) in [5.41, 5.74) is 2.00. The number of sulfonamides is 1. The summed E-state index contributed by atoms with van der Waals surface area (Å²) in [5, 5.41) is 3.35. The van der Waals surface area contributed by atoms with Crippen LogP contribution in [0.1, 0.15) is 25.0 Å². The van der Waals surface area contributed by atoms with Gasteiger partial charge in [0.05, 0.1) is 19.1 Å². The smallest absolute Gasteiger partial charge is 0.243 e. The molecule has 0 aliphatic carbocycles. The molecule has 0 atom stereocenters. The summed E-state index contributed by atoms with van der Waals surface area (Å²) in [5.74, 6) is 1.57. The molecule has 0 aliphatic rings. The number of hydrogen-bond donors (Lipinski definition) is 1. The number of nitrogens with one attached hydrogen (secondary N) is 1. The maximum Gasteiger partial charge on any atom is 0.243 e. The highest BCUT2D eigenvalue weighted by atomic mass is 32.2. The molecule has 0 radical (unpaired) electrons. The summed E-state index contributed by atoms with van der Waals surface area (Å²) in [4.78, 5) is 0.303. The fraction of sp³-hybridized carbons (Fsp3) is 0.400. The summed E-state index contributed by atoms with van der Waals surface area (Å²) in [6, 6.07) is 12.5. The van der Waals surface area contributed by atoms with Crippen LogP contribution in [0.2, 0.25) is 0 Å². The van der Waals surface area contributed by atoms with E-state index in [-0.39, 0.29) is 6.04 Å². The zero-order chi connectivity index (χ0) is 20.0. The largest absolute Gasteiger partial charge is 0.497 e. The van der Waals surface area contributed by atoms with Gasteiger partial charge in [0.25, 0.3) is 0 Å². The first kappa shape index (κ1) is 21.2. The molecule has 7 heteroatoms. The molecule has 2 aromatic rings. The SMILES string of the molecule is COc1ccc(OC)c(CNCc2ccc(S(=O)(=O)N(C)C(C)C)cc2)c1. The van der Waals surface area contributed by atoms with Gasteiger partial charge in [0.2, 0.25) is 10.0 Å². The van der Waals surface area contributed by atoms with Gasteiger partial charge < -0.3 is 14.8 Å².